The summed E-state index contributed by atoms with van der Waals surface area (Å²) in [5.74, 6) is 1.59. The molecular weight excluding hydrogens is 320 g/mol. The molecule has 2 aromatic rings. The molecule has 6 heteroatoms. The molecule has 0 unspecified atom stereocenters. The molecule has 0 fully saturated rings. The second kappa shape index (κ2) is 9.27. The fraction of sp³-hybridized carbons (Fsp3) is 0.444. The van der Waals surface area contributed by atoms with E-state index in [9.17, 15) is 0 Å². The summed E-state index contributed by atoms with van der Waals surface area (Å²) >= 11 is 1.78. The average molecular weight is 347 g/mol. The normalized spacial score (nSPS) is 12.0. The van der Waals surface area contributed by atoms with Gasteiger partial charge in [0.1, 0.15) is 12.4 Å². The number of guanidine groups is 1. The van der Waals surface area contributed by atoms with Crippen LogP contribution in [0.1, 0.15) is 25.6 Å². The molecule has 2 aromatic heterocycles. The van der Waals surface area contributed by atoms with Crippen molar-refractivity contribution in [2.24, 2.45) is 4.99 Å². The van der Waals surface area contributed by atoms with Crippen LogP contribution in [-0.2, 0) is 5.41 Å². The number of rotatable bonds is 8. The van der Waals surface area contributed by atoms with Crippen molar-refractivity contribution in [3.63, 3.8) is 0 Å². The summed E-state index contributed by atoms with van der Waals surface area (Å²) in [4.78, 5) is 10.1. The van der Waals surface area contributed by atoms with Crippen LogP contribution in [-0.4, -0.2) is 37.2 Å². The highest BCUT2D eigenvalue weighted by Crippen LogP contribution is 2.27. The van der Waals surface area contributed by atoms with Gasteiger partial charge in [-0.15, -0.1) is 11.3 Å². The SMILES string of the molecule is CCNC(=NCC(C)(C)c1cccs1)NCCOc1cccnc1. The van der Waals surface area contributed by atoms with Crippen molar-refractivity contribution in [3.8, 4) is 5.75 Å². The predicted molar refractivity (Wildman–Crippen MR) is 101 cm³/mol. The Hall–Kier alpha value is -2.08. The number of hydrogen-bond acceptors (Lipinski definition) is 4. The summed E-state index contributed by atoms with van der Waals surface area (Å²) in [6, 6.07) is 8.02. The zero-order chi connectivity index (χ0) is 17.3. The Kier molecular flexibility index (Phi) is 7.06. The summed E-state index contributed by atoms with van der Waals surface area (Å²) in [5, 5.41) is 8.69. The van der Waals surface area contributed by atoms with Crippen LogP contribution in [0.2, 0.25) is 0 Å². The second-order valence-electron chi connectivity index (χ2n) is 6.02. The Labute approximate surface area is 148 Å². The van der Waals surface area contributed by atoms with Crippen LogP contribution in [0.25, 0.3) is 0 Å². The molecule has 0 saturated carbocycles. The molecule has 24 heavy (non-hydrogen) atoms. The Balaban J connectivity index is 1.82. The largest absolute Gasteiger partial charge is 0.490 e. The molecule has 130 valence electrons. The van der Waals surface area contributed by atoms with E-state index in [4.69, 9.17) is 9.73 Å². The first-order valence-corrected chi connectivity index (χ1v) is 9.09. The van der Waals surface area contributed by atoms with E-state index >= 15 is 0 Å². The minimum Gasteiger partial charge on any atom is -0.490 e. The quantitative estimate of drug-likeness (QED) is 0.438. The average Bonchev–Trinajstić information content (AvgIpc) is 3.13. The molecule has 0 bridgehead atoms. The number of nitrogens with zero attached hydrogens (tertiary/aromatic N) is 2. The molecular formula is C18H26N4OS. The highest BCUT2D eigenvalue weighted by atomic mass is 32.1. The van der Waals surface area contributed by atoms with Crippen molar-refractivity contribution in [2.45, 2.75) is 26.2 Å². The van der Waals surface area contributed by atoms with Gasteiger partial charge in [0.25, 0.3) is 0 Å². The van der Waals surface area contributed by atoms with Gasteiger partial charge >= 0.3 is 0 Å². The number of pyridine rings is 1. The van der Waals surface area contributed by atoms with E-state index < -0.39 is 0 Å². The molecule has 5 nitrogen and oxygen atoms in total. The van der Waals surface area contributed by atoms with E-state index in [1.54, 1.807) is 23.7 Å². The van der Waals surface area contributed by atoms with Crippen molar-refractivity contribution in [2.75, 3.05) is 26.2 Å². The first-order valence-electron chi connectivity index (χ1n) is 8.21. The maximum atomic E-state index is 5.63. The van der Waals surface area contributed by atoms with E-state index in [-0.39, 0.29) is 5.41 Å². The highest BCUT2D eigenvalue weighted by Gasteiger charge is 2.21. The minimum absolute atomic E-state index is 0.0305. The third-order valence-corrected chi connectivity index (χ3v) is 4.70. The van der Waals surface area contributed by atoms with Gasteiger partial charge in [0.2, 0.25) is 0 Å². The van der Waals surface area contributed by atoms with E-state index in [1.165, 1.54) is 4.88 Å². The van der Waals surface area contributed by atoms with Crippen LogP contribution in [0.3, 0.4) is 0 Å². The Bertz CT molecular complexity index is 611. The molecule has 2 heterocycles. The Morgan fingerprint density at radius 3 is 2.83 bits per heavy atom. The summed E-state index contributed by atoms with van der Waals surface area (Å²) in [6.07, 6.45) is 3.44. The van der Waals surface area contributed by atoms with Gasteiger partial charge in [0.05, 0.1) is 19.3 Å². The number of thiophene rings is 1. The zero-order valence-electron chi connectivity index (χ0n) is 14.6. The van der Waals surface area contributed by atoms with Crippen LogP contribution in [0.15, 0.2) is 47.0 Å². The van der Waals surface area contributed by atoms with E-state index in [1.807, 2.05) is 12.1 Å². The van der Waals surface area contributed by atoms with Crippen LogP contribution in [0.4, 0.5) is 0 Å². The molecule has 0 spiro atoms. The maximum absolute atomic E-state index is 5.63. The van der Waals surface area contributed by atoms with Crippen LogP contribution >= 0.6 is 11.3 Å². The van der Waals surface area contributed by atoms with Gasteiger partial charge in [0, 0.05) is 23.0 Å². The Morgan fingerprint density at radius 2 is 2.17 bits per heavy atom. The first-order chi connectivity index (χ1) is 11.6. The fourth-order valence-electron chi connectivity index (χ4n) is 2.13. The lowest BCUT2D eigenvalue weighted by atomic mass is 9.92. The van der Waals surface area contributed by atoms with Crippen LogP contribution in [0, 0.1) is 0 Å². The highest BCUT2D eigenvalue weighted by molar-refractivity contribution is 7.10. The number of ether oxygens (including phenoxy) is 1. The molecule has 0 saturated heterocycles. The van der Waals surface area contributed by atoms with Gasteiger partial charge in [-0.05, 0) is 30.5 Å². The number of nitrogens with one attached hydrogen (secondary N) is 2. The van der Waals surface area contributed by atoms with Crippen molar-refractivity contribution in [3.05, 3.63) is 46.9 Å². The monoisotopic (exact) mass is 346 g/mol. The molecule has 0 aliphatic carbocycles. The van der Waals surface area contributed by atoms with E-state index in [0.717, 1.165) is 24.8 Å². The van der Waals surface area contributed by atoms with Gasteiger partial charge in [-0.25, -0.2) is 0 Å². The van der Waals surface area contributed by atoms with Gasteiger partial charge in [-0.1, -0.05) is 19.9 Å². The lowest BCUT2D eigenvalue weighted by Gasteiger charge is -2.21. The van der Waals surface area contributed by atoms with Crippen LogP contribution in [0.5, 0.6) is 5.75 Å². The first kappa shape index (κ1) is 18.3. The fourth-order valence-corrected chi connectivity index (χ4v) is 2.98. The van der Waals surface area contributed by atoms with Gasteiger partial charge in [-0.2, -0.15) is 0 Å². The zero-order valence-corrected chi connectivity index (χ0v) is 15.4. The summed E-state index contributed by atoms with van der Waals surface area (Å²) in [5.41, 5.74) is 0.0305. The van der Waals surface area contributed by atoms with E-state index in [2.05, 4.69) is 53.9 Å². The number of aliphatic imine (C=N–C) groups is 1. The summed E-state index contributed by atoms with van der Waals surface area (Å²) < 4.78 is 5.63. The number of aromatic nitrogens is 1. The van der Waals surface area contributed by atoms with Gasteiger partial charge < -0.3 is 15.4 Å². The maximum Gasteiger partial charge on any atom is 0.191 e. The van der Waals surface area contributed by atoms with Crippen molar-refractivity contribution >= 4 is 17.3 Å². The van der Waals surface area contributed by atoms with Gasteiger partial charge in [0.15, 0.2) is 5.96 Å². The molecule has 2 rings (SSSR count). The van der Waals surface area contributed by atoms with Gasteiger partial charge in [-0.3, -0.25) is 9.98 Å². The molecule has 0 atom stereocenters. The Morgan fingerprint density at radius 1 is 1.29 bits per heavy atom. The third-order valence-electron chi connectivity index (χ3n) is 3.46. The topological polar surface area (TPSA) is 58.5 Å². The molecule has 0 aliphatic rings. The predicted octanol–water partition coefficient (Wildman–Crippen LogP) is 3.05. The molecule has 0 amide bonds. The van der Waals surface area contributed by atoms with Crippen molar-refractivity contribution in [1.29, 1.82) is 0 Å². The molecule has 0 aliphatic heterocycles. The second-order valence-corrected chi connectivity index (χ2v) is 6.97. The molecule has 2 N–H and O–H groups in total. The number of hydrogen-bond donors (Lipinski definition) is 2. The van der Waals surface area contributed by atoms with Crippen molar-refractivity contribution < 1.29 is 4.74 Å². The van der Waals surface area contributed by atoms with Crippen LogP contribution < -0.4 is 15.4 Å². The van der Waals surface area contributed by atoms with Crippen molar-refractivity contribution in [1.82, 2.24) is 15.6 Å². The smallest absolute Gasteiger partial charge is 0.191 e. The molecule has 0 radical (unpaired) electrons. The standard InChI is InChI=1S/C18H26N4OS/c1-4-20-17(21-10-11-23-15-7-5-9-19-13-15)22-14-18(2,3)16-8-6-12-24-16/h5-9,12-13H,4,10-11,14H2,1-3H3,(H2,20,21,22). The summed E-state index contributed by atoms with van der Waals surface area (Å²) in [7, 11) is 0. The van der Waals surface area contributed by atoms with E-state index in [0.29, 0.717) is 13.2 Å². The molecule has 0 aromatic carbocycles. The minimum atomic E-state index is 0.0305. The third kappa shape index (κ3) is 5.85. The lowest BCUT2D eigenvalue weighted by molar-refractivity contribution is 0.320. The lowest BCUT2D eigenvalue weighted by Crippen LogP contribution is -2.40. The summed E-state index contributed by atoms with van der Waals surface area (Å²) in [6.45, 7) is 9.30.